The second-order valence-electron chi connectivity index (χ2n) is 8.84. The van der Waals surface area contributed by atoms with E-state index in [9.17, 15) is 10.1 Å². The number of benzene rings is 1. The Kier molecular flexibility index (Phi) is 5.94. The summed E-state index contributed by atoms with van der Waals surface area (Å²) in [4.78, 5) is 23.4. The van der Waals surface area contributed by atoms with Crippen LogP contribution in [0, 0.1) is 11.3 Å². The van der Waals surface area contributed by atoms with Gasteiger partial charge in [0.05, 0.1) is 11.9 Å². The number of aromatic nitrogens is 3. The van der Waals surface area contributed by atoms with E-state index in [0.717, 1.165) is 18.4 Å². The van der Waals surface area contributed by atoms with Crippen molar-refractivity contribution in [3.05, 3.63) is 47.4 Å². The molecule has 1 aliphatic heterocycles. The van der Waals surface area contributed by atoms with Crippen LogP contribution in [0.2, 0.25) is 5.02 Å². The monoisotopic (exact) mass is 452 g/mol. The van der Waals surface area contributed by atoms with Gasteiger partial charge < -0.3 is 15.0 Å². The van der Waals surface area contributed by atoms with E-state index in [2.05, 4.69) is 16.4 Å². The number of nitriles is 1. The van der Waals surface area contributed by atoms with E-state index in [1.54, 1.807) is 21.4 Å². The van der Waals surface area contributed by atoms with E-state index in [1.807, 2.05) is 39.1 Å². The second-order valence-corrected chi connectivity index (χ2v) is 9.28. The number of nitrogens with one attached hydrogen (secondary N) is 1. The Hall–Kier alpha value is -3.31. The Bertz CT molecular complexity index is 1180. The molecule has 3 heterocycles. The molecule has 0 unspecified atom stereocenters. The highest BCUT2D eigenvalue weighted by molar-refractivity contribution is 6.30. The lowest BCUT2D eigenvalue weighted by Gasteiger charge is -2.34. The van der Waals surface area contributed by atoms with Crippen molar-refractivity contribution in [2.75, 3.05) is 18.4 Å². The van der Waals surface area contributed by atoms with Crippen molar-refractivity contribution in [2.45, 2.75) is 45.3 Å². The van der Waals surface area contributed by atoms with Gasteiger partial charge in [0.2, 0.25) is 0 Å². The van der Waals surface area contributed by atoms with Crippen molar-refractivity contribution in [3.8, 4) is 17.3 Å². The first-order chi connectivity index (χ1) is 15.2. The van der Waals surface area contributed by atoms with Crippen LogP contribution in [0.1, 0.15) is 39.3 Å². The first-order valence-electron chi connectivity index (χ1n) is 10.5. The summed E-state index contributed by atoms with van der Waals surface area (Å²) in [5, 5.41) is 13.6. The number of fused-ring (bicyclic) bond motifs is 1. The van der Waals surface area contributed by atoms with Gasteiger partial charge >= 0.3 is 6.09 Å². The number of ether oxygens (including phenoxy) is 1. The fourth-order valence-corrected chi connectivity index (χ4v) is 3.83. The lowest BCUT2D eigenvalue weighted by molar-refractivity contribution is 0.0206. The number of piperidine rings is 1. The van der Waals surface area contributed by atoms with Crippen LogP contribution < -0.4 is 5.32 Å². The number of halogens is 1. The van der Waals surface area contributed by atoms with Gasteiger partial charge in [0, 0.05) is 35.9 Å². The lowest BCUT2D eigenvalue weighted by atomic mass is 10.1. The van der Waals surface area contributed by atoms with E-state index in [1.165, 1.54) is 6.20 Å². The lowest BCUT2D eigenvalue weighted by Crippen LogP contribution is -2.47. The highest BCUT2D eigenvalue weighted by atomic mass is 35.5. The molecule has 166 valence electrons. The number of carbonyl (C=O) groups is 1. The van der Waals surface area contributed by atoms with Crippen molar-refractivity contribution in [1.82, 2.24) is 19.3 Å². The fourth-order valence-electron chi connectivity index (χ4n) is 3.70. The summed E-state index contributed by atoms with van der Waals surface area (Å²) >= 11 is 6.00. The fraction of sp³-hybridized carbons (Fsp3) is 0.391. The number of hydrogen-bond donors (Lipinski definition) is 1. The minimum atomic E-state index is -0.536. The molecule has 9 heteroatoms. The standard InChI is InChI=1S/C23H25ClN6O2/c1-23(2,3)32-22(31)29-10-4-5-17(13-29)27-20-21-28-19(15-6-8-16(24)9-7-15)14-30(21)18(11-25)12-26-20/h6-9,12,14,17H,4-5,10,13H2,1-3H3,(H,26,27)/t17-/m0/s1. The van der Waals surface area contributed by atoms with Gasteiger partial charge in [-0.1, -0.05) is 23.7 Å². The minimum absolute atomic E-state index is 0.00353. The zero-order valence-corrected chi connectivity index (χ0v) is 19.1. The Morgan fingerprint density at radius 1 is 1.31 bits per heavy atom. The van der Waals surface area contributed by atoms with E-state index in [4.69, 9.17) is 21.3 Å². The molecule has 1 atom stereocenters. The van der Waals surface area contributed by atoms with Gasteiger partial charge in [-0.2, -0.15) is 5.26 Å². The SMILES string of the molecule is CC(C)(C)OC(=O)N1CCC[C@H](Nc2ncc(C#N)n3cc(-c4ccc(Cl)cc4)nc23)C1. The number of hydrogen-bond acceptors (Lipinski definition) is 6. The molecule has 1 amide bonds. The molecule has 0 aliphatic carbocycles. The summed E-state index contributed by atoms with van der Waals surface area (Å²) in [5.41, 5.74) is 2.02. The summed E-state index contributed by atoms with van der Waals surface area (Å²) in [6, 6.07) is 9.53. The number of anilines is 1. The van der Waals surface area contributed by atoms with Crippen molar-refractivity contribution < 1.29 is 9.53 Å². The first kappa shape index (κ1) is 21.9. The third-order valence-corrected chi connectivity index (χ3v) is 5.41. The molecule has 3 aromatic rings. The highest BCUT2D eigenvalue weighted by Gasteiger charge is 2.28. The maximum absolute atomic E-state index is 12.5. The molecule has 1 N–H and O–H groups in total. The van der Waals surface area contributed by atoms with Crippen LogP contribution in [0.25, 0.3) is 16.9 Å². The molecule has 2 aromatic heterocycles. The van der Waals surface area contributed by atoms with Gasteiger partial charge in [0.1, 0.15) is 17.4 Å². The molecule has 32 heavy (non-hydrogen) atoms. The van der Waals surface area contributed by atoms with Crippen LogP contribution in [0.5, 0.6) is 0 Å². The van der Waals surface area contributed by atoms with Crippen molar-refractivity contribution in [2.24, 2.45) is 0 Å². The van der Waals surface area contributed by atoms with Gasteiger partial charge in [-0.05, 0) is 45.7 Å². The zero-order valence-electron chi connectivity index (χ0n) is 18.3. The predicted molar refractivity (Wildman–Crippen MR) is 123 cm³/mol. The second kappa shape index (κ2) is 8.67. The molecule has 1 saturated heterocycles. The summed E-state index contributed by atoms with van der Waals surface area (Å²) in [5.74, 6) is 0.570. The Morgan fingerprint density at radius 2 is 2.06 bits per heavy atom. The molecular weight excluding hydrogens is 428 g/mol. The van der Waals surface area contributed by atoms with Gasteiger partial charge in [-0.25, -0.2) is 14.8 Å². The minimum Gasteiger partial charge on any atom is -0.444 e. The quantitative estimate of drug-likeness (QED) is 0.617. The van der Waals surface area contributed by atoms with Gasteiger partial charge in [0.25, 0.3) is 0 Å². The largest absolute Gasteiger partial charge is 0.444 e. The Balaban J connectivity index is 1.59. The average molecular weight is 453 g/mol. The molecule has 1 fully saturated rings. The Morgan fingerprint density at radius 3 is 2.75 bits per heavy atom. The molecule has 0 radical (unpaired) electrons. The molecule has 1 aliphatic rings. The number of amides is 1. The molecule has 0 bridgehead atoms. The third-order valence-electron chi connectivity index (χ3n) is 5.16. The van der Waals surface area contributed by atoms with Crippen LogP contribution in [0.15, 0.2) is 36.7 Å². The zero-order chi connectivity index (χ0) is 22.9. The van der Waals surface area contributed by atoms with Crippen LogP contribution in [0.3, 0.4) is 0 Å². The number of rotatable bonds is 3. The smallest absolute Gasteiger partial charge is 0.410 e. The highest BCUT2D eigenvalue weighted by Crippen LogP contribution is 2.26. The van der Waals surface area contributed by atoms with Crippen molar-refractivity contribution >= 4 is 29.2 Å². The van der Waals surface area contributed by atoms with Crippen LogP contribution in [0.4, 0.5) is 10.6 Å². The van der Waals surface area contributed by atoms with E-state index in [-0.39, 0.29) is 12.1 Å². The van der Waals surface area contributed by atoms with Gasteiger partial charge in [-0.3, -0.25) is 4.40 Å². The van der Waals surface area contributed by atoms with Crippen LogP contribution >= 0.6 is 11.6 Å². The molecule has 0 spiro atoms. The van der Waals surface area contributed by atoms with E-state index < -0.39 is 5.60 Å². The molecule has 0 saturated carbocycles. The van der Waals surface area contributed by atoms with Crippen molar-refractivity contribution in [1.29, 1.82) is 5.26 Å². The topological polar surface area (TPSA) is 95.5 Å². The predicted octanol–water partition coefficient (Wildman–Crippen LogP) is 4.73. The van der Waals surface area contributed by atoms with Crippen LogP contribution in [-0.4, -0.2) is 50.1 Å². The maximum Gasteiger partial charge on any atom is 0.410 e. The number of imidazole rings is 1. The van der Waals surface area contributed by atoms with Crippen LogP contribution in [-0.2, 0) is 4.74 Å². The van der Waals surface area contributed by atoms with E-state index >= 15 is 0 Å². The molecule has 4 rings (SSSR count). The normalized spacial score (nSPS) is 16.6. The summed E-state index contributed by atoms with van der Waals surface area (Å²) in [6.07, 6.45) is 4.77. The molecule has 8 nitrogen and oxygen atoms in total. The van der Waals surface area contributed by atoms with Crippen molar-refractivity contribution in [3.63, 3.8) is 0 Å². The Labute approximate surface area is 191 Å². The molecular formula is C23H25ClN6O2. The van der Waals surface area contributed by atoms with Gasteiger partial charge in [-0.15, -0.1) is 0 Å². The average Bonchev–Trinajstić information content (AvgIpc) is 3.19. The number of carbonyl (C=O) groups excluding carboxylic acids is 1. The maximum atomic E-state index is 12.5. The molecule has 1 aromatic carbocycles. The number of likely N-dealkylation sites (tertiary alicyclic amines) is 1. The summed E-state index contributed by atoms with van der Waals surface area (Å²) in [7, 11) is 0. The number of nitrogens with zero attached hydrogens (tertiary/aromatic N) is 5. The summed E-state index contributed by atoms with van der Waals surface area (Å²) < 4.78 is 7.25. The summed E-state index contributed by atoms with van der Waals surface area (Å²) in [6.45, 7) is 6.75. The van der Waals surface area contributed by atoms with E-state index in [0.29, 0.717) is 41.0 Å². The first-order valence-corrected chi connectivity index (χ1v) is 10.9. The van der Waals surface area contributed by atoms with Gasteiger partial charge in [0.15, 0.2) is 11.5 Å². The third kappa shape index (κ3) is 4.78.